The summed E-state index contributed by atoms with van der Waals surface area (Å²) >= 11 is 1.77. The predicted molar refractivity (Wildman–Crippen MR) is 132 cm³/mol. The maximum absolute atomic E-state index is 10.5. The molecule has 0 amide bonds. The van der Waals surface area contributed by atoms with Gasteiger partial charge in [-0.3, -0.25) is 10.0 Å². The Kier molecular flexibility index (Phi) is 9.26. The van der Waals surface area contributed by atoms with Crippen LogP contribution in [0.5, 0.6) is 0 Å². The SMILES string of the molecule is CC(C)(C)NN(O)c1ccccc1-c1cnc(C2CCCCC2)s1.CCC(=O)OC1COC1. The fourth-order valence-corrected chi connectivity index (χ4v) is 4.87. The molecular formula is C25H37N3O4S. The van der Waals surface area contributed by atoms with Gasteiger partial charge < -0.3 is 9.47 Å². The molecule has 2 aromatic rings. The summed E-state index contributed by atoms with van der Waals surface area (Å²) in [4.78, 5) is 16.3. The van der Waals surface area contributed by atoms with E-state index in [9.17, 15) is 10.0 Å². The monoisotopic (exact) mass is 475 g/mol. The zero-order valence-corrected chi connectivity index (χ0v) is 21.0. The van der Waals surface area contributed by atoms with Crippen LogP contribution in [-0.2, 0) is 14.3 Å². The average molecular weight is 476 g/mol. The minimum Gasteiger partial charge on any atom is -0.457 e. The molecule has 2 heterocycles. The van der Waals surface area contributed by atoms with Crippen molar-refractivity contribution in [2.75, 3.05) is 18.4 Å². The third-order valence-corrected chi connectivity index (χ3v) is 6.70. The summed E-state index contributed by atoms with van der Waals surface area (Å²) < 4.78 is 9.67. The number of carbonyl (C=O) groups is 1. The van der Waals surface area contributed by atoms with Crippen LogP contribution >= 0.6 is 11.3 Å². The molecule has 7 nitrogen and oxygen atoms in total. The zero-order chi connectivity index (χ0) is 23.8. The van der Waals surface area contributed by atoms with Crippen LogP contribution in [-0.4, -0.2) is 41.0 Å². The first-order valence-corrected chi connectivity index (χ1v) is 12.7. The van der Waals surface area contributed by atoms with Gasteiger partial charge in [-0.1, -0.05) is 44.4 Å². The molecule has 0 bridgehead atoms. The van der Waals surface area contributed by atoms with Crippen molar-refractivity contribution in [1.29, 1.82) is 0 Å². The lowest BCUT2D eigenvalue weighted by Crippen LogP contribution is -2.47. The van der Waals surface area contributed by atoms with E-state index >= 15 is 0 Å². The number of hydrazine groups is 1. The Labute approximate surface area is 201 Å². The molecule has 33 heavy (non-hydrogen) atoms. The van der Waals surface area contributed by atoms with Crippen LogP contribution in [0.15, 0.2) is 30.5 Å². The quantitative estimate of drug-likeness (QED) is 0.410. The Hall–Kier alpha value is -2.00. The van der Waals surface area contributed by atoms with Crippen molar-refractivity contribution < 1.29 is 19.5 Å². The van der Waals surface area contributed by atoms with E-state index in [1.807, 2.05) is 51.2 Å². The van der Waals surface area contributed by atoms with Gasteiger partial charge in [0.2, 0.25) is 0 Å². The molecule has 1 aliphatic heterocycles. The topological polar surface area (TPSA) is 83.9 Å². The first kappa shape index (κ1) is 25.6. The van der Waals surface area contributed by atoms with Crippen molar-refractivity contribution >= 4 is 23.0 Å². The third kappa shape index (κ3) is 7.78. The Morgan fingerprint density at radius 2 is 1.94 bits per heavy atom. The van der Waals surface area contributed by atoms with Gasteiger partial charge in [0.25, 0.3) is 0 Å². The molecule has 1 aromatic carbocycles. The summed E-state index contributed by atoms with van der Waals surface area (Å²) in [5.41, 5.74) is 4.64. The number of carbonyl (C=O) groups excluding carboxylic acids is 1. The van der Waals surface area contributed by atoms with E-state index in [1.165, 1.54) is 37.1 Å². The molecule has 8 heteroatoms. The molecule has 182 valence electrons. The van der Waals surface area contributed by atoms with Crippen molar-refractivity contribution in [3.8, 4) is 10.4 Å². The number of anilines is 1. The van der Waals surface area contributed by atoms with Crippen LogP contribution < -0.4 is 10.6 Å². The Morgan fingerprint density at radius 1 is 1.24 bits per heavy atom. The van der Waals surface area contributed by atoms with E-state index in [2.05, 4.69) is 10.4 Å². The van der Waals surface area contributed by atoms with Crippen LogP contribution in [0.25, 0.3) is 10.4 Å². The molecule has 1 saturated carbocycles. The van der Waals surface area contributed by atoms with Crippen LogP contribution in [0, 0.1) is 0 Å². The van der Waals surface area contributed by atoms with Crippen LogP contribution in [0.4, 0.5) is 5.69 Å². The highest BCUT2D eigenvalue weighted by Gasteiger charge is 2.22. The predicted octanol–water partition coefficient (Wildman–Crippen LogP) is 5.69. The number of aromatic nitrogens is 1. The molecule has 0 radical (unpaired) electrons. The number of ether oxygens (including phenoxy) is 2. The van der Waals surface area contributed by atoms with Crippen LogP contribution in [0.2, 0.25) is 0 Å². The summed E-state index contributed by atoms with van der Waals surface area (Å²) in [5, 5.41) is 12.8. The van der Waals surface area contributed by atoms with Gasteiger partial charge in [0, 0.05) is 29.6 Å². The second-order valence-electron chi connectivity index (χ2n) is 9.59. The fourth-order valence-electron chi connectivity index (χ4n) is 3.75. The fraction of sp³-hybridized carbons (Fsp3) is 0.600. The molecule has 1 saturated heterocycles. The maximum Gasteiger partial charge on any atom is 0.305 e. The van der Waals surface area contributed by atoms with Crippen molar-refractivity contribution in [2.24, 2.45) is 0 Å². The summed E-state index contributed by atoms with van der Waals surface area (Å²) in [6.45, 7) is 8.99. The number of thiazole rings is 1. The van der Waals surface area contributed by atoms with E-state index < -0.39 is 0 Å². The standard InChI is InChI=1S/C19H27N3OS.C6H10O3/c1-19(2,3)21-22(23)16-12-8-7-11-15(16)17-13-20-18(24-17)14-9-5-4-6-10-14;1-2-6(7)9-5-3-8-4-5/h7-8,11-14,21,23H,4-6,9-10H2,1-3H3;5H,2-4H2,1H3. The molecule has 4 rings (SSSR count). The van der Waals surface area contributed by atoms with Gasteiger partial charge in [-0.2, -0.15) is 5.17 Å². The number of hydrogen-bond donors (Lipinski definition) is 2. The molecule has 0 spiro atoms. The molecule has 2 N–H and O–H groups in total. The highest BCUT2D eigenvalue weighted by atomic mass is 32.1. The molecule has 0 unspecified atom stereocenters. The average Bonchev–Trinajstić information content (AvgIpc) is 3.26. The second kappa shape index (κ2) is 11.9. The first-order chi connectivity index (χ1) is 15.8. The van der Waals surface area contributed by atoms with Crippen molar-refractivity contribution in [1.82, 2.24) is 10.4 Å². The summed E-state index contributed by atoms with van der Waals surface area (Å²) in [6, 6.07) is 7.91. The van der Waals surface area contributed by atoms with Gasteiger partial charge in [-0.05, 0) is 39.7 Å². The number of nitrogens with zero attached hydrogens (tertiary/aromatic N) is 2. The number of esters is 1. The molecule has 2 aliphatic rings. The summed E-state index contributed by atoms with van der Waals surface area (Å²) in [5.74, 6) is 0.478. The van der Waals surface area contributed by atoms with Gasteiger partial charge >= 0.3 is 5.97 Å². The van der Waals surface area contributed by atoms with Gasteiger partial charge in [0.1, 0.15) is 6.10 Å². The van der Waals surface area contributed by atoms with Crippen LogP contribution in [0.1, 0.15) is 77.1 Å². The van der Waals surface area contributed by atoms with Crippen LogP contribution in [0.3, 0.4) is 0 Å². The molecule has 1 aliphatic carbocycles. The Balaban J connectivity index is 0.000000286. The van der Waals surface area contributed by atoms with E-state index in [0.29, 0.717) is 25.6 Å². The Bertz CT molecular complexity index is 886. The minimum atomic E-state index is -0.219. The van der Waals surface area contributed by atoms with Gasteiger partial charge in [0.05, 0.1) is 28.8 Å². The number of rotatable bonds is 6. The smallest absolute Gasteiger partial charge is 0.305 e. The van der Waals surface area contributed by atoms with Gasteiger partial charge in [0.15, 0.2) is 0 Å². The lowest BCUT2D eigenvalue weighted by Gasteiger charge is -2.29. The molecule has 0 atom stereocenters. The van der Waals surface area contributed by atoms with Crippen molar-refractivity contribution in [3.05, 3.63) is 35.5 Å². The van der Waals surface area contributed by atoms with E-state index in [1.54, 1.807) is 18.3 Å². The molecule has 2 fully saturated rings. The molecular weight excluding hydrogens is 438 g/mol. The second-order valence-corrected chi connectivity index (χ2v) is 10.7. The minimum absolute atomic E-state index is 0.0393. The van der Waals surface area contributed by atoms with Crippen molar-refractivity contribution in [2.45, 2.75) is 83.8 Å². The number of para-hydroxylation sites is 1. The zero-order valence-electron chi connectivity index (χ0n) is 20.2. The van der Waals surface area contributed by atoms with Gasteiger partial charge in [-0.15, -0.1) is 11.3 Å². The van der Waals surface area contributed by atoms with E-state index in [4.69, 9.17) is 9.47 Å². The first-order valence-electron chi connectivity index (χ1n) is 11.9. The lowest BCUT2D eigenvalue weighted by molar-refractivity contribution is -0.171. The highest BCUT2D eigenvalue weighted by Crippen LogP contribution is 2.39. The Morgan fingerprint density at radius 3 is 2.55 bits per heavy atom. The van der Waals surface area contributed by atoms with Gasteiger partial charge in [-0.25, -0.2) is 10.4 Å². The lowest BCUT2D eigenvalue weighted by atomic mass is 9.90. The third-order valence-electron chi connectivity index (χ3n) is 5.51. The van der Waals surface area contributed by atoms with Crippen molar-refractivity contribution in [3.63, 3.8) is 0 Å². The number of hydrogen-bond acceptors (Lipinski definition) is 8. The largest absolute Gasteiger partial charge is 0.457 e. The number of nitrogens with one attached hydrogen (secondary N) is 1. The summed E-state index contributed by atoms with van der Waals surface area (Å²) in [7, 11) is 0. The maximum atomic E-state index is 10.5. The normalized spacial score (nSPS) is 17.0. The number of benzene rings is 1. The summed E-state index contributed by atoms with van der Waals surface area (Å²) in [6.07, 6.45) is 8.95. The van der Waals surface area contributed by atoms with E-state index in [-0.39, 0.29) is 17.6 Å². The molecule has 1 aromatic heterocycles. The van der Waals surface area contributed by atoms with E-state index in [0.717, 1.165) is 21.3 Å². The highest BCUT2D eigenvalue weighted by molar-refractivity contribution is 7.15.